The average molecular weight is 255 g/mol. The number of hydrogen-bond donors (Lipinski definition) is 1. The largest absolute Gasteiger partial charge is 0.381 e. The van der Waals surface area contributed by atoms with Crippen LogP contribution in [0.25, 0.3) is 0 Å². The van der Waals surface area contributed by atoms with Crippen LogP contribution in [0.2, 0.25) is 0 Å². The van der Waals surface area contributed by atoms with Gasteiger partial charge in [0.2, 0.25) is 0 Å². The molecule has 1 aromatic carbocycles. The lowest BCUT2D eigenvalue weighted by Gasteiger charge is -2.21. The molecule has 0 radical (unpaired) electrons. The van der Waals surface area contributed by atoms with Gasteiger partial charge in [-0.3, -0.25) is 0 Å². The minimum Gasteiger partial charge on any atom is -0.381 e. The molecule has 2 nitrogen and oxygen atoms in total. The Bertz CT molecular complexity index is 371. The van der Waals surface area contributed by atoms with E-state index in [2.05, 4.69) is 5.32 Å². The second-order valence-electron chi connectivity index (χ2n) is 4.78. The fourth-order valence-corrected chi connectivity index (χ4v) is 2.46. The van der Waals surface area contributed by atoms with Crippen molar-refractivity contribution in [1.29, 1.82) is 0 Å². The number of halogens is 2. The smallest absolute Gasteiger partial charge is 0.126 e. The molecule has 1 saturated heterocycles. The lowest BCUT2D eigenvalue weighted by Crippen LogP contribution is -2.24. The molecule has 0 aromatic heterocycles. The molecule has 1 aromatic rings. The molecule has 1 N–H and O–H groups in total. The van der Waals surface area contributed by atoms with Crippen LogP contribution < -0.4 is 5.32 Å². The Morgan fingerprint density at radius 2 is 2.06 bits per heavy atom. The molecule has 1 heterocycles. The van der Waals surface area contributed by atoms with Crippen LogP contribution in [-0.2, 0) is 4.74 Å². The van der Waals surface area contributed by atoms with E-state index in [9.17, 15) is 8.78 Å². The van der Waals surface area contributed by atoms with Gasteiger partial charge >= 0.3 is 0 Å². The molecule has 0 amide bonds. The number of benzene rings is 1. The Morgan fingerprint density at radius 3 is 2.61 bits per heavy atom. The van der Waals surface area contributed by atoms with E-state index in [-0.39, 0.29) is 6.04 Å². The third-order valence-electron chi connectivity index (χ3n) is 3.33. The van der Waals surface area contributed by atoms with Crippen molar-refractivity contribution in [1.82, 2.24) is 5.32 Å². The number of nitrogens with one attached hydrogen (secondary N) is 1. The Balaban J connectivity index is 2.11. The second-order valence-corrected chi connectivity index (χ2v) is 4.78. The predicted molar refractivity (Wildman–Crippen MR) is 66.3 cm³/mol. The molecule has 18 heavy (non-hydrogen) atoms. The standard InChI is InChI=1S/C14H19F2NO/c1-2-17-14(5-10-3-4-18-9-10)11-6-12(15)8-13(16)7-11/h6-8,10,14,17H,2-5,9H2,1H3. The first-order chi connectivity index (χ1) is 8.69. The summed E-state index contributed by atoms with van der Waals surface area (Å²) in [6, 6.07) is 3.72. The summed E-state index contributed by atoms with van der Waals surface area (Å²) < 4.78 is 31.8. The van der Waals surface area contributed by atoms with E-state index < -0.39 is 11.6 Å². The van der Waals surface area contributed by atoms with E-state index in [1.807, 2.05) is 6.92 Å². The zero-order valence-electron chi connectivity index (χ0n) is 10.6. The summed E-state index contributed by atoms with van der Waals surface area (Å²) in [5.41, 5.74) is 0.682. The van der Waals surface area contributed by atoms with E-state index >= 15 is 0 Å². The summed E-state index contributed by atoms with van der Waals surface area (Å²) >= 11 is 0. The molecule has 0 spiro atoms. The van der Waals surface area contributed by atoms with Gasteiger partial charge in [0.05, 0.1) is 0 Å². The van der Waals surface area contributed by atoms with E-state index in [1.165, 1.54) is 12.1 Å². The topological polar surface area (TPSA) is 21.3 Å². The van der Waals surface area contributed by atoms with E-state index in [4.69, 9.17) is 4.74 Å². The lowest BCUT2D eigenvalue weighted by atomic mass is 9.94. The normalized spacial score (nSPS) is 21.2. The maximum Gasteiger partial charge on any atom is 0.126 e. The highest BCUT2D eigenvalue weighted by Crippen LogP contribution is 2.27. The Labute approximate surface area is 106 Å². The van der Waals surface area contributed by atoms with Gasteiger partial charge in [0.25, 0.3) is 0 Å². The first-order valence-corrected chi connectivity index (χ1v) is 6.46. The van der Waals surface area contributed by atoms with E-state index in [0.29, 0.717) is 11.5 Å². The lowest BCUT2D eigenvalue weighted by molar-refractivity contribution is 0.181. The highest BCUT2D eigenvalue weighted by atomic mass is 19.1. The van der Waals surface area contributed by atoms with Gasteiger partial charge in [-0.15, -0.1) is 0 Å². The van der Waals surface area contributed by atoms with Crippen LogP contribution >= 0.6 is 0 Å². The third kappa shape index (κ3) is 3.50. The summed E-state index contributed by atoms with van der Waals surface area (Å²) in [6.07, 6.45) is 1.89. The summed E-state index contributed by atoms with van der Waals surface area (Å²) in [5, 5.41) is 3.29. The molecule has 2 atom stereocenters. The monoisotopic (exact) mass is 255 g/mol. The maximum absolute atomic E-state index is 13.2. The van der Waals surface area contributed by atoms with Crippen LogP contribution in [0, 0.1) is 17.6 Å². The molecule has 1 aliphatic heterocycles. The molecule has 0 saturated carbocycles. The minimum absolute atomic E-state index is 0.00750. The van der Waals surface area contributed by atoms with Crippen molar-refractivity contribution in [3.8, 4) is 0 Å². The van der Waals surface area contributed by atoms with Gasteiger partial charge in [0.1, 0.15) is 11.6 Å². The molecule has 2 unspecified atom stereocenters. The number of hydrogen-bond acceptors (Lipinski definition) is 2. The molecule has 0 aliphatic carbocycles. The van der Waals surface area contributed by atoms with Gasteiger partial charge in [-0.2, -0.15) is 0 Å². The quantitative estimate of drug-likeness (QED) is 0.873. The fraction of sp³-hybridized carbons (Fsp3) is 0.571. The van der Waals surface area contributed by atoms with Crippen LogP contribution in [0.15, 0.2) is 18.2 Å². The van der Waals surface area contributed by atoms with Crippen molar-refractivity contribution in [3.05, 3.63) is 35.4 Å². The van der Waals surface area contributed by atoms with Crippen LogP contribution in [0.3, 0.4) is 0 Å². The second kappa shape index (κ2) is 6.25. The first-order valence-electron chi connectivity index (χ1n) is 6.46. The molecule has 4 heteroatoms. The number of ether oxygens (including phenoxy) is 1. The zero-order chi connectivity index (χ0) is 13.0. The van der Waals surface area contributed by atoms with Crippen LogP contribution in [-0.4, -0.2) is 19.8 Å². The predicted octanol–water partition coefficient (Wildman–Crippen LogP) is 3.04. The number of rotatable bonds is 5. The molecule has 1 fully saturated rings. The van der Waals surface area contributed by atoms with Crippen molar-refractivity contribution in [3.63, 3.8) is 0 Å². The Morgan fingerprint density at radius 1 is 1.33 bits per heavy atom. The van der Waals surface area contributed by atoms with E-state index in [1.54, 1.807) is 0 Å². The first kappa shape index (κ1) is 13.4. The fourth-order valence-electron chi connectivity index (χ4n) is 2.46. The van der Waals surface area contributed by atoms with Crippen LogP contribution in [0.1, 0.15) is 31.4 Å². The van der Waals surface area contributed by atoms with Gasteiger partial charge < -0.3 is 10.1 Å². The molecule has 2 rings (SSSR count). The molecule has 1 aliphatic rings. The summed E-state index contributed by atoms with van der Waals surface area (Å²) in [4.78, 5) is 0. The van der Waals surface area contributed by atoms with Gasteiger partial charge in [-0.25, -0.2) is 8.78 Å². The van der Waals surface area contributed by atoms with Crippen LogP contribution in [0.5, 0.6) is 0 Å². The van der Waals surface area contributed by atoms with Crippen molar-refractivity contribution < 1.29 is 13.5 Å². The van der Waals surface area contributed by atoms with Crippen molar-refractivity contribution in [2.24, 2.45) is 5.92 Å². The summed E-state index contributed by atoms with van der Waals surface area (Å²) in [5.74, 6) is -0.563. The van der Waals surface area contributed by atoms with Gasteiger partial charge in [0.15, 0.2) is 0 Å². The van der Waals surface area contributed by atoms with Crippen LogP contribution in [0.4, 0.5) is 8.78 Å². The highest BCUT2D eigenvalue weighted by molar-refractivity contribution is 5.21. The Hall–Kier alpha value is -1.00. The zero-order valence-corrected chi connectivity index (χ0v) is 10.6. The third-order valence-corrected chi connectivity index (χ3v) is 3.33. The summed E-state index contributed by atoms with van der Waals surface area (Å²) in [6.45, 7) is 4.31. The van der Waals surface area contributed by atoms with Gasteiger partial charge in [0, 0.05) is 25.3 Å². The van der Waals surface area contributed by atoms with Crippen molar-refractivity contribution >= 4 is 0 Å². The van der Waals surface area contributed by atoms with Gasteiger partial charge in [-0.1, -0.05) is 6.92 Å². The highest BCUT2D eigenvalue weighted by Gasteiger charge is 2.22. The average Bonchev–Trinajstić information content (AvgIpc) is 2.80. The van der Waals surface area contributed by atoms with Crippen molar-refractivity contribution in [2.75, 3.05) is 19.8 Å². The Kier molecular flexibility index (Phi) is 4.66. The summed E-state index contributed by atoms with van der Waals surface area (Å²) in [7, 11) is 0. The van der Waals surface area contributed by atoms with E-state index in [0.717, 1.165) is 38.7 Å². The molecule has 0 bridgehead atoms. The maximum atomic E-state index is 13.2. The van der Waals surface area contributed by atoms with Crippen molar-refractivity contribution in [2.45, 2.75) is 25.8 Å². The molecule has 100 valence electrons. The van der Waals surface area contributed by atoms with Gasteiger partial charge in [-0.05, 0) is 43.0 Å². The molecular weight excluding hydrogens is 236 g/mol. The minimum atomic E-state index is -0.518. The molecular formula is C14H19F2NO. The SMILES string of the molecule is CCNC(CC1CCOC1)c1cc(F)cc(F)c1.